The van der Waals surface area contributed by atoms with Crippen LogP contribution in [0.25, 0.3) is 5.65 Å². The molecular formula is C17H22N8. The Labute approximate surface area is 146 Å². The Balaban J connectivity index is 1.54. The van der Waals surface area contributed by atoms with Crippen LogP contribution in [0.2, 0.25) is 0 Å². The first-order valence-electron chi connectivity index (χ1n) is 8.55. The summed E-state index contributed by atoms with van der Waals surface area (Å²) in [6.07, 6.45) is 5.63. The summed E-state index contributed by atoms with van der Waals surface area (Å²) >= 11 is 0. The molecule has 1 fully saturated rings. The van der Waals surface area contributed by atoms with Crippen molar-refractivity contribution in [2.24, 2.45) is 0 Å². The topological polar surface area (TPSA) is 75.3 Å². The summed E-state index contributed by atoms with van der Waals surface area (Å²) in [6, 6.07) is 3.93. The van der Waals surface area contributed by atoms with Crippen LogP contribution >= 0.6 is 0 Å². The van der Waals surface area contributed by atoms with Gasteiger partial charge in [-0.2, -0.15) is 4.52 Å². The van der Waals surface area contributed by atoms with E-state index in [1.807, 2.05) is 48.8 Å². The minimum atomic E-state index is 0.355. The van der Waals surface area contributed by atoms with E-state index in [4.69, 9.17) is 0 Å². The average molecular weight is 338 g/mol. The van der Waals surface area contributed by atoms with Crippen LogP contribution in [0.4, 0.5) is 11.6 Å². The molecule has 3 aromatic heterocycles. The molecule has 1 aliphatic rings. The molecule has 0 unspecified atom stereocenters. The lowest BCUT2D eigenvalue weighted by Gasteiger charge is -2.31. The van der Waals surface area contributed by atoms with Crippen molar-refractivity contribution in [2.75, 3.05) is 37.0 Å². The summed E-state index contributed by atoms with van der Waals surface area (Å²) in [5.41, 5.74) is 1.75. The van der Waals surface area contributed by atoms with E-state index in [-0.39, 0.29) is 0 Å². The lowest BCUT2D eigenvalue weighted by Crippen LogP contribution is -2.34. The molecule has 1 aliphatic heterocycles. The number of hydrogen-bond acceptors (Lipinski definition) is 7. The minimum absolute atomic E-state index is 0.355. The quantitative estimate of drug-likeness (QED) is 0.719. The summed E-state index contributed by atoms with van der Waals surface area (Å²) in [5.74, 6) is 3.17. The standard InChI is InChI=1S/C17H22N8/c1-12-10-18-11-16(19-12)24-8-6-13(7-9-24)17-21-20-14-4-5-15(23(2)3)22-25(14)17/h4-5,10-11,13H,6-9H2,1-3H3. The van der Waals surface area contributed by atoms with Crippen LogP contribution in [-0.4, -0.2) is 57.0 Å². The van der Waals surface area contributed by atoms with Crippen molar-refractivity contribution in [2.45, 2.75) is 25.7 Å². The smallest absolute Gasteiger partial charge is 0.178 e. The van der Waals surface area contributed by atoms with Gasteiger partial charge in [-0.05, 0) is 31.9 Å². The van der Waals surface area contributed by atoms with Crippen LogP contribution in [0.5, 0.6) is 0 Å². The van der Waals surface area contributed by atoms with Crippen molar-refractivity contribution < 1.29 is 0 Å². The van der Waals surface area contributed by atoms with E-state index in [1.165, 1.54) is 0 Å². The molecule has 25 heavy (non-hydrogen) atoms. The van der Waals surface area contributed by atoms with Crippen LogP contribution in [0.15, 0.2) is 24.5 Å². The maximum absolute atomic E-state index is 4.68. The molecule has 0 radical (unpaired) electrons. The van der Waals surface area contributed by atoms with Crippen LogP contribution in [0.3, 0.4) is 0 Å². The fourth-order valence-electron chi connectivity index (χ4n) is 3.26. The van der Waals surface area contributed by atoms with E-state index >= 15 is 0 Å². The first-order valence-corrected chi connectivity index (χ1v) is 8.55. The van der Waals surface area contributed by atoms with Crippen LogP contribution in [0, 0.1) is 6.92 Å². The molecule has 0 atom stereocenters. The highest BCUT2D eigenvalue weighted by atomic mass is 15.4. The molecule has 0 aliphatic carbocycles. The molecule has 4 heterocycles. The van der Waals surface area contributed by atoms with Crippen molar-refractivity contribution in [3.63, 3.8) is 0 Å². The highest BCUT2D eigenvalue weighted by molar-refractivity contribution is 5.45. The highest BCUT2D eigenvalue weighted by Gasteiger charge is 2.26. The molecule has 3 aromatic rings. The number of hydrogen-bond donors (Lipinski definition) is 0. The SMILES string of the molecule is Cc1cncc(N2CCC(c3nnc4ccc(N(C)C)nn34)CC2)n1. The van der Waals surface area contributed by atoms with Crippen LogP contribution in [0.1, 0.15) is 30.3 Å². The molecule has 0 saturated carbocycles. The monoisotopic (exact) mass is 338 g/mol. The van der Waals surface area contributed by atoms with Gasteiger partial charge in [-0.1, -0.05) is 0 Å². The largest absolute Gasteiger partial charge is 0.361 e. The van der Waals surface area contributed by atoms with Gasteiger partial charge in [-0.3, -0.25) is 4.98 Å². The number of nitrogens with zero attached hydrogens (tertiary/aromatic N) is 8. The maximum Gasteiger partial charge on any atom is 0.178 e. The van der Waals surface area contributed by atoms with Crippen molar-refractivity contribution in [1.82, 2.24) is 29.8 Å². The fourth-order valence-corrected chi connectivity index (χ4v) is 3.26. The van der Waals surface area contributed by atoms with Gasteiger partial charge in [0.25, 0.3) is 0 Å². The minimum Gasteiger partial charge on any atom is -0.361 e. The van der Waals surface area contributed by atoms with Crippen LogP contribution in [-0.2, 0) is 0 Å². The predicted octanol–water partition coefficient (Wildman–Crippen LogP) is 1.67. The third kappa shape index (κ3) is 2.99. The lowest BCUT2D eigenvalue weighted by atomic mass is 9.96. The zero-order valence-corrected chi connectivity index (χ0v) is 14.8. The normalized spacial score (nSPS) is 15.7. The van der Waals surface area contributed by atoms with Gasteiger partial charge in [0.1, 0.15) is 11.6 Å². The van der Waals surface area contributed by atoms with Gasteiger partial charge in [0.05, 0.1) is 11.9 Å². The second-order valence-corrected chi connectivity index (χ2v) is 6.69. The molecular weight excluding hydrogens is 316 g/mol. The Morgan fingerprint density at radius 1 is 1.08 bits per heavy atom. The first-order chi connectivity index (χ1) is 12.1. The molecule has 0 spiro atoms. The summed E-state index contributed by atoms with van der Waals surface area (Å²) in [5, 5.41) is 13.4. The Kier molecular flexibility index (Phi) is 3.95. The fraction of sp³-hybridized carbons (Fsp3) is 0.471. The van der Waals surface area contributed by atoms with Crippen molar-refractivity contribution in [3.8, 4) is 0 Å². The number of aryl methyl sites for hydroxylation is 1. The number of anilines is 2. The van der Waals surface area contributed by atoms with E-state index in [0.29, 0.717) is 5.92 Å². The summed E-state index contributed by atoms with van der Waals surface area (Å²) in [6.45, 7) is 3.84. The first kappa shape index (κ1) is 15.7. The van der Waals surface area contributed by atoms with E-state index in [9.17, 15) is 0 Å². The molecule has 0 aromatic carbocycles. The van der Waals surface area contributed by atoms with Crippen molar-refractivity contribution >= 4 is 17.3 Å². The summed E-state index contributed by atoms with van der Waals surface area (Å²) in [7, 11) is 3.97. The molecule has 8 heteroatoms. The van der Waals surface area contributed by atoms with Gasteiger partial charge in [0.15, 0.2) is 11.5 Å². The van der Waals surface area contributed by atoms with Gasteiger partial charge in [-0.15, -0.1) is 15.3 Å². The Bertz CT molecular complexity index is 879. The second kappa shape index (κ2) is 6.27. The highest BCUT2D eigenvalue weighted by Crippen LogP contribution is 2.29. The van der Waals surface area contributed by atoms with E-state index in [0.717, 1.165) is 54.7 Å². The van der Waals surface area contributed by atoms with E-state index in [1.54, 1.807) is 6.20 Å². The predicted molar refractivity (Wildman–Crippen MR) is 96.1 cm³/mol. The Hall–Kier alpha value is -2.77. The van der Waals surface area contributed by atoms with Gasteiger partial charge < -0.3 is 9.80 Å². The average Bonchev–Trinajstić information content (AvgIpc) is 3.05. The Morgan fingerprint density at radius 2 is 1.88 bits per heavy atom. The van der Waals surface area contributed by atoms with Crippen LogP contribution < -0.4 is 9.80 Å². The van der Waals surface area contributed by atoms with E-state index in [2.05, 4.69) is 30.2 Å². The number of rotatable bonds is 3. The van der Waals surface area contributed by atoms with Crippen molar-refractivity contribution in [3.05, 3.63) is 36.0 Å². The molecule has 0 bridgehead atoms. The molecule has 0 N–H and O–H groups in total. The van der Waals surface area contributed by atoms with Crippen molar-refractivity contribution in [1.29, 1.82) is 0 Å². The molecule has 130 valence electrons. The van der Waals surface area contributed by atoms with Gasteiger partial charge in [0, 0.05) is 39.3 Å². The number of aromatic nitrogens is 6. The third-order valence-electron chi connectivity index (χ3n) is 4.66. The van der Waals surface area contributed by atoms with Gasteiger partial charge in [-0.25, -0.2) is 4.98 Å². The maximum atomic E-state index is 4.68. The van der Waals surface area contributed by atoms with E-state index < -0.39 is 0 Å². The molecule has 8 nitrogen and oxygen atoms in total. The zero-order chi connectivity index (χ0) is 17.4. The summed E-state index contributed by atoms with van der Waals surface area (Å²) in [4.78, 5) is 13.1. The second-order valence-electron chi connectivity index (χ2n) is 6.69. The molecule has 0 amide bonds. The molecule has 4 rings (SSSR count). The lowest BCUT2D eigenvalue weighted by molar-refractivity contribution is 0.474. The zero-order valence-electron chi connectivity index (χ0n) is 14.8. The Morgan fingerprint density at radius 3 is 2.60 bits per heavy atom. The third-order valence-corrected chi connectivity index (χ3v) is 4.66. The molecule has 1 saturated heterocycles. The van der Waals surface area contributed by atoms with Gasteiger partial charge in [0.2, 0.25) is 0 Å². The number of fused-ring (bicyclic) bond motifs is 1. The number of piperidine rings is 1. The van der Waals surface area contributed by atoms with Gasteiger partial charge >= 0.3 is 0 Å². The summed E-state index contributed by atoms with van der Waals surface area (Å²) < 4.78 is 1.89.